The monoisotopic (exact) mass is 399 g/mol. The van der Waals surface area contributed by atoms with E-state index in [1.165, 1.54) is 30.2 Å². The summed E-state index contributed by atoms with van der Waals surface area (Å²) in [6, 6.07) is 15.5. The van der Waals surface area contributed by atoms with Crippen LogP contribution in [-0.4, -0.2) is 46.9 Å². The predicted octanol–water partition coefficient (Wildman–Crippen LogP) is 4.66. The molecule has 1 aliphatic heterocycles. The van der Waals surface area contributed by atoms with Crippen LogP contribution in [0.5, 0.6) is 0 Å². The van der Waals surface area contributed by atoms with E-state index in [0.717, 1.165) is 29.6 Å². The molecule has 1 amide bonds. The van der Waals surface area contributed by atoms with Gasteiger partial charge in [0.1, 0.15) is 5.69 Å². The van der Waals surface area contributed by atoms with Crippen LogP contribution < -0.4 is 5.32 Å². The van der Waals surface area contributed by atoms with Crippen molar-refractivity contribution in [2.45, 2.75) is 6.42 Å². The van der Waals surface area contributed by atoms with Crippen LogP contribution >= 0.6 is 23.4 Å². The molecule has 1 aliphatic rings. The standard InChI is InChI=1S/C21H22ClN3OS/c22-17-4-3-16-13-20(24-19(16)14-17)21(26)23-18-5-1-15(2-6-18)7-8-25-9-11-27-12-10-25/h1-6,13-14,24H,7-12H2,(H,23,26). The van der Waals surface area contributed by atoms with Gasteiger partial charge in [-0.25, -0.2) is 0 Å². The second kappa shape index (κ2) is 8.38. The number of anilines is 1. The van der Waals surface area contributed by atoms with Crippen LogP contribution in [0.25, 0.3) is 10.9 Å². The Kier molecular flexibility index (Phi) is 5.72. The van der Waals surface area contributed by atoms with Crippen LogP contribution in [0.4, 0.5) is 5.69 Å². The van der Waals surface area contributed by atoms with E-state index in [4.69, 9.17) is 11.6 Å². The summed E-state index contributed by atoms with van der Waals surface area (Å²) in [6.45, 7) is 3.48. The van der Waals surface area contributed by atoms with E-state index in [2.05, 4.69) is 27.3 Å². The maximum Gasteiger partial charge on any atom is 0.272 e. The molecule has 0 spiro atoms. The number of carbonyl (C=O) groups excluding carboxylic acids is 1. The molecule has 0 atom stereocenters. The average Bonchev–Trinajstić information content (AvgIpc) is 3.11. The lowest BCUT2D eigenvalue weighted by atomic mass is 10.1. The lowest BCUT2D eigenvalue weighted by Gasteiger charge is -2.26. The van der Waals surface area contributed by atoms with Gasteiger partial charge in [-0.05, 0) is 42.3 Å². The number of fused-ring (bicyclic) bond motifs is 1. The number of aromatic nitrogens is 1. The number of hydrogen-bond donors (Lipinski definition) is 2. The molecule has 2 aromatic carbocycles. The fraction of sp³-hybridized carbons (Fsp3) is 0.286. The number of nitrogens with zero attached hydrogens (tertiary/aromatic N) is 1. The maximum absolute atomic E-state index is 12.5. The molecular weight excluding hydrogens is 378 g/mol. The minimum atomic E-state index is -0.152. The van der Waals surface area contributed by atoms with Gasteiger partial charge < -0.3 is 15.2 Å². The van der Waals surface area contributed by atoms with Gasteiger partial charge in [0.2, 0.25) is 0 Å². The van der Waals surface area contributed by atoms with Crippen molar-refractivity contribution in [3.63, 3.8) is 0 Å². The molecular formula is C21H22ClN3OS. The SMILES string of the molecule is O=C(Nc1ccc(CCN2CCSCC2)cc1)c1cc2ccc(Cl)cc2[nH]1. The summed E-state index contributed by atoms with van der Waals surface area (Å²) in [5.41, 5.74) is 3.49. The minimum absolute atomic E-state index is 0.152. The summed E-state index contributed by atoms with van der Waals surface area (Å²) in [7, 11) is 0. The molecule has 0 radical (unpaired) electrons. The van der Waals surface area contributed by atoms with Crippen molar-refractivity contribution >= 4 is 45.9 Å². The van der Waals surface area contributed by atoms with Crippen molar-refractivity contribution in [1.82, 2.24) is 9.88 Å². The second-order valence-corrected chi connectivity index (χ2v) is 8.43. The molecule has 6 heteroatoms. The Morgan fingerprint density at radius 3 is 2.67 bits per heavy atom. The zero-order chi connectivity index (χ0) is 18.6. The van der Waals surface area contributed by atoms with Crippen molar-refractivity contribution in [3.8, 4) is 0 Å². The molecule has 2 N–H and O–H groups in total. The van der Waals surface area contributed by atoms with Crippen LogP contribution in [0.1, 0.15) is 16.1 Å². The van der Waals surface area contributed by atoms with E-state index < -0.39 is 0 Å². The first kappa shape index (κ1) is 18.4. The van der Waals surface area contributed by atoms with Crippen LogP contribution in [0.3, 0.4) is 0 Å². The average molecular weight is 400 g/mol. The topological polar surface area (TPSA) is 48.1 Å². The number of aromatic amines is 1. The highest BCUT2D eigenvalue weighted by Crippen LogP contribution is 2.21. The van der Waals surface area contributed by atoms with Gasteiger partial charge >= 0.3 is 0 Å². The number of benzene rings is 2. The van der Waals surface area contributed by atoms with Gasteiger partial charge in [-0.15, -0.1) is 0 Å². The third kappa shape index (κ3) is 4.67. The molecule has 0 unspecified atom stereocenters. The Bertz CT molecular complexity index is 932. The Morgan fingerprint density at radius 1 is 1.11 bits per heavy atom. The first-order valence-electron chi connectivity index (χ1n) is 9.16. The Morgan fingerprint density at radius 2 is 1.89 bits per heavy atom. The molecule has 0 aliphatic carbocycles. The van der Waals surface area contributed by atoms with Crippen molar-refractivity contribution in [3.05, 3.63) is 64.8 Å². The number of rotatable bonds is 5. The van der Waals surface area contributed by atoms with Crippen molar-refractivity contribution in [2.24, 2.45) is 0 Å². The van der Waals surface area contributed by atoms with Crippen LogP contribution in [0.2, 0.25) is 5.02 Å². The highest BCUT2D eigenvalue weighted by molar-refractivity contribution is 7.99. The second-order valence-electron chi connectivity index (χ2n) is 6.77. The number of nitrogens with one attached hydrogen (secondary N) is 2. The molecule has 3 aromatic rings. The number of halogens is 1. The van der Waals surface area contributed by atoms with E-state index in [1.54, 1.807) is 0 Å². The van der Waals surface area contributed by atoms with Crippen molar-refractivity contribution in [2.75, 3.05) is 36.5 Å². The maximum atomic E-state index is 12.5. The lowest BCUT2D eigenvalue weighted by molar-refractivity contribution is 0.102. The third-order valence-corrected chi connectivity index (χ3v) is 6.04. The third-order valence-electron chi connectivity index (χ3n) is 4.86. The zero-order valence-corrected chi connectivity index (χ0v) is 16.6. The van der Waals surface area contributed by atoms with E-state index in [1.807, 2.05) is 48.2 Å². The molecule has 2 heterocycles. The fourth-order valence-corrected chi connectivity index (χ4v) is 4.44. The largest absolute Gasteiger partial charge is 0.350 e. The van der Waals surface area contributed by atoms with Gasteiger partial charge in [-0.3, -0.25) is 4.79 Å². The van der Waals surface area contributed by atoms with E-state index in [9.17, 15) is 4.79 Å². The summed E-state index contributed by atoms with van der Waals surface area (Å²) in [5.74, 6) is 2.33. The highest BCUT2D eigenvalue weighted by atomic mass is 35.5. The summed E-state index contributed by atoms with van der Waals surface area (Å²) in [6.07, 6.45) is 1.04. The highest BCUT2D eigenvalue weighted by Gasteiger charge is 2.11. The number of amides is 1. The minimum Gasteiger partial charge on any atom is -0.350 e. The molecule has 4 rings (SSSR count). The number of hydrogen-bond acceptors (Lipinski definition) is 3. The normalized spacial score (nSPS) is 15.1. The number of carbonyl (C=O) groups is 1. The first-order chi connectivity index (χ1) is 13.2. The smallest absolute Gasteiger partial charge is 0.272 e. The predicted molar refractivity (Wildman–Crippen MR) is 115 cm³/mol. The molecule has 0 bridgehead atoms. The Hall–Kier alpha value is -1.95. The molecule has 1 aromatic heterocycles. The number of thioether (sulfide) groups is 1. The summed E-state index contributed by atoms with van der Waals surface area (Å²) < 4.78 is 0. The van der Waals surface area contributed by atoms with Gasteiger partial charge in [-0.1, -0.05) is 29.8 Å². The lowest BCUT2D eigenvalue weighted by Crippen LogP contribution is -2.34. The zero-order valence-electron chi connectivity index (χ0n) is 15.0. The number of H-pyrrole nitrogens is 1. The van der Waals surface area contributed by atoms with Gasteiger partial charge in [0, 0.05) is 52.8 Å². The quantitative estimate of drug-likeness (QED) is 0.655. The van der Waals surface area contributed by atoms with E-state index >= 15 is 0 Å². The van der Waals surface area contributed by atoms with Gasteiger partial charge in [0.05, 0.1) is 0 Å². The van der Waals surface area contributed by atoms with E-state index in [-0.39, 0.29) is 5.91 Å². The molecule has 1 fully saturated rings. The van der Waals surface area contributed by atoms with Crippen molar-refractivity contribution < 1.29 is 4.79 Å². The molecule has 4 nitrogen and oxygen atoms in total. The summed E-state index contributed by atoms with van der Waals surface area (Å²) in [4.78, 5) is 18.1. The molecule has 0 saturated carbocycles. The fourth-order valence-electron chi connectivity index (χ4n) is 3.29. The van der Waals surface area contributed by atoms with Crippen molar-refractivity contribution in [1.29, 1.82) is 0 Å². The van der Waals surface area contributed by atoms with E-state index in [0.29, 0.717) is 10.7 Å². The van der Waals surface area contributed by atoms with Gasteiger partial charge in [-0.2, -0.15) is 11.8 Å². The van der Waals surface area contributed by atoms with Crippen LogP contribution in [0.15, 0.2) is 48.5 Å². The van der Waals surface area contributed by atoms with Gasteiger partial charge in [0.15, 0.2) is 0 Å². The molecule has 27 heavy (non-hydrogen) atoms. The Labute approximate surface area is 168 Å². The summed E-state index contributed by atoms with van der Waals surface area (Å²) in [5, 5.41) is 4.57. The first-order valence-corrected chi connectivity index (χ1v) is 10.7. The molecule has 140 valence electrons. The molecule has 1 saturated heterocycles. The Balaban J connectivity index is 1.36. The van der Waals surface area contributed by atoms with Gasteiger partial charge in [0.25, 0.3) is 5.91 Å². The summed E-state index contributed by atoms with van der Waals surface area (Å²) >= 11 is 8.04. The van der Waals surface area contributed by atoms with Crippen LogP contribution in [-0.2, 0) is 6.42 Å². The van der Waals surface area contributed by atoms with Crippen LogP contribution in [0, 0.1) is 0 Å².